The molecule has 1 aliphatic rings. The van der Waals surface area contributed by atoms with Gasteiger partial charge < -0.3 is 9.47 Å². The third-order valence-corrected chi connectivity index (χ3v) is 7.46. The number of para-hydroxylation sites is 3. The van der Waals surface area contributed by atoms with Gasteiger partial charge in [-0.3, -0.25) is 9.59 Å². The molecule has 6 rings (SSSR count). The Hall–Kier alpha value is -4.90. The van der Waals surface area contributed by atoms with E-state index in [1.54, 1.807) is 24.3 Å². The van der Waals surface area contributed by atoms with Gasteiger partial charge in [0.15, 0.2) is 0 Å². The smallest absolute Gasteiger partial charge is 0.266 e. The molecule has 0 aliphatic carbocycles. The Morgan fingerprint density at radius 2 is 0.951 bits per heavy atom. The average molecular weight is 542 g/mol. The summed E-state index contributed by atoms with van der Waals surface area (Å²) in [4.78, 5) is 30.0. The Morgan fingerprint density at radius 1 is 0.512 bits per heavy atom. The van der Waals surface area contributed by atoms with E-state index in [0.717, 1.165) is 11.1 Å². The maximum atomic E-state index is 14.3. The number of ether oxygens (including phenoxy) is 2. The second-order valence-corrected chi connectivity index (χ2v) is 10.8. The number of carbonyl (C=O) groups is 2. The van der Waals surface area contributed by atoms with Crippen molar-refractivity contribution in [1.82, 2.24) is 0 Å². The van der Waals surface area contributed by atoms with Crippen LogP contribution in [0.5, 0.6) is 23.0 Å². The molecule has 0 saturated carbocycles. The molecular formula is C36H31NO4. The van der Waals surface area contributed by atoms with E-state index in [1.165, 1.54) is 4.90 Å². The third kappa shape index (κ3) is 4.63. The second-order valence-electron chi connectivity index (χ2n) is 10.8. The monoisotopic (exact) mass is 541 g/mol. The SMILES string of the molecule is CC(C)c1cccc(C(C)C)c1N1C(=O)c2ccc(Oc3ccccc3)c3c(Oc4ccccc4)ccc(c23)C1=O. The van der Waals surface area contributed by atoms with Crippen LogP contribution in [0, 0.1) is 0 Å². The highest BCUT2D eigenvalue weighted by Gasteiger charge is 2.38. The average Bonchev–Trinajstić information content (AvgIpc) is 2.97. The first-order valence-corrected chi connectivity index (χ1v) is 13.9. The molecule has 1 aliphatic heterocycles. The molecule has 0 atom stereocenters. The lowest BCUT2D eigenvalue weighted by molar-refractivity contribution is 0.0893. The van der Waals surface area contributed by atoms with E-state index in [-0.39, 0.29) is 23.7 Å². The molecule has 0 radical (unpaired) electrons. The van der Waals surface area contributed by atoms with Crippen LogP contribution in [-0.2, 0) is 0 Å². The van der Waals surface area contributed by atoms with E-state index in [1.807, 2.05) is 78.9 Å². The molecule has 41 heavy (non-hydrogen) atoms. The van der Waals surface area contributed by atoms with E-state index < -0.39 is 0 Å². The molecule has 0 spiro atoms. The molecule has 0 bridgehead atoms. The van der Waals surface area contributed by atoms with Crippen molar-refractivity contribution in [3.8, 4) is 23.0 Å². The van der Waals surface area contributed by atoms with Gasteiger partial charge in [-0.1, -0.05) is 82.3 Å². The molecule has 5 aromatic carbocycles. The summed E-state index contributed by atoms with van der Waals surface area (Å²) in [5.41, 5.74) is 3.47. The lowest BCUT2D eigenvalue weighted by atomic mass is 9.88. The number of imide groups is 1. The number of amides is 2. The van der Waals surface area contributed by atoms with Crippen LogP contribution < -0.4 is 14.4 Å². The minimum Gasteiger partial charge on any atom is -0.457 e. The fourth-order valence-corrected chi connectivity index (χ4v) is 5.50. The van der Waals surface area contributed by atoms with Crippen LogP contribution in [0.25, 0.3) is 10.8 Å². The third-order valence-electron chi connectivity index (χ3n) is 7.46. The first-order chi connectivity index (χ1) is 19.8. The van der Waals surface area contributed by atoms with Gasteiger partial charge in [-0.05, 0) is 71.5 Å². The summed E-state index contributed by atoms with van der Waals surface area (Å²) in [5, 5.41) is 1.11. The quantitative estimate of drug-likeness (QED) is 0.193. The van der Waals surface area contributed by atoms with Crippen molar-refractivity contribution in [1.29, 1.82) is 0 Å². The van der Waals surface area contributed by atoms with Crippen molar-refractivity contribution in [3.05, 3.63) is 125 Å². The van der Waals surface area contributed by atoms with Gasteiger partial charge in [0.1, 0.15) is 23.0 Å². The summed E-state index contributed by atoms with van der Waals surface area (Å²) in [6.45, 7) is 8.32. The normalized spacial score (nSPS) is 12.9. The van der Waals surface area contributed by atoms with E-state index in [2.05, 4.69) is 27.7 Å². The molecule has 0 aromatic heterocycles. The van der Waals surface area contributed by atoms with Crippen molar-refractivity contribution in [2.24, 2.45) is 0 Å². The Balaban J connectivity index is 1.58. The minimum atomic E-state index is -0.356. The lowest BCUT2D eigenvalue weighted by Gasteiger charge is -2.32. The number of hydrogen-bond donors (Lipinski definition) is 0. The van der Waals surface area contributed by atoms with Crippen molar-refractivity contribution in [2.75, 3.05) is 4.90 Å². The number of nitrogens with zero attached hydrogens (tertiary/aromatic N) is 1. The maximum absolute atomic E-state index is 14.3. The molecule has 204 valence electrons. The maximum Gasteiger partial charge on any atom is 0.266 e. The van der Waals surface area contributed by atoms with Crippen LogP contribution in [0.4, 0.5) is 5.69 Å². The highest BCUT2D eigenvalue weighted by atomic mass is 16.5. The number of hydrogen-bond acceptors (Lipinski definition) is 4. The zero-order valence-electron chi connectivity index (χ0n) is 23.5. The minimum absolute atomic E-state index is 0.119. The number of benzene rings is 5. The number of carbonyl (C=O) groups excluding carboxylic acids is 2. The van der Waals surface area contributed by atoms with E-state index in [4.69, 9.17) is 9.47 Å². The Labute approximate surface area is 240 Å². The van der Waals surface area contributed by atoms with Gasteiger partial charge in [-0.25, -0.2) is 4.90 Å². The molecule has 2 amide bonds. The molecule has 1 heterocycles. The van der Waals surface area contributed by atoms with Crippen molar-refractivity contribution >= 4 is 28.3 Å². The van der Waals surface area contributed by atoms with Crippen LogP contribution in [0.2, 0.25) is 0 Å². The summed E-state index contributed by atoms with van der Waals surface area (Å²) in [7, 11) is 0. The van der Waals surface area contributed by atoms with E-state index >= 15 is 0 Å². The fraction of sp³-hybridized carbons (Fsp3) is 0.167. The first kappa shape index (κ1) is 26.3. The van der Waals surface area contributed by atoms with Gasteiger partial charge >= 0.3 is 0 Å². The molecule has 5 aromatic rings. The summed E-state index contributed by atoms with van der Waals surface area (Å²) in [5.74, 6) is 1.81. The van der Waals surface area contributed by atoms with Crippen molar-refractivity contribution in [3.63, 3.8) is 0 Å². The highest BCUT2D eigenvalue weighted by molar-refractivity contribution is 6.37. The van der Waals surface area contributed by atoms with Gasteiger partial charge in [0.05, 0.1) is 11.1 Å². The molecule has 0 unspecified atom stereocenters. The highest BCUT2D eigenvalue weighted by Crippen LogP contribution is 2.46. The van der Waals surface area contributed by atoms with Crippen LogP contribution in [0.3, 0.4) is 0 Å². The van der Waals surface area contributed by atoms with Crippen LogP contribution in [0.1, 0.15) is 71.4 Å². The Bertz CT molecular complexity index is 1650. The summed E-state index contributed by atoms with van der Waals surface area (Å²) < 4.78 is 12.6. The molecule has 0 fully saturated rings. The number of rotatable bonds is 7. The summed E-state index contributed by atoms with van der Waals surface area (Å²) in [6, 6.07) is 32.0. The molecular weight excluding hydrogens is 510 g/mol. The predicted octanol–water partition coefficient (Wildman–Crippen LogP) is 9.47. The Morgan fingerprint density at radius 3 is 1.37 bits per heavy atom. The molecule has 0 N–H and O–H groups in total. The standard InChI is InChI=1S/C36H31NO4/c1-22(2)26-16-11-17-27(23(3)4)34(26)37-35(38)28-18-20-30(40-24-12-7-5-8-13-24)33-31(41-25-14-9-6-10-15-25)21-19-29(32(28)33)36(37)39/h5-23H,1-4H3. The van der Waals surface area contributed by atoms with Crippen LogP contribution in [0.15, 0.2) is 103 Å². The van der Waals surface area contributed by atoms with Gasteiger partial charge in [-0.15, -0.1) is 0 Å². The topological polar surface area (TPSA) is 55.8 Å². The number of anilines is 1. The van der Waals surface area contributed by atoms with Crippen molar-refractivity contribution < 1.29 is 19.1 Å². The zero-order chi connectivity index (χ0) is 28.7. The molecule has 5 heteroatoms. The molecule has 5 nitrogen and oxygen atoms in total. The summed E-state index contributed by atoms with van der Waals surface area (Å²) >= 11 is 0. The fourth-order valence-electron chi connectivity index (χ4n) is 5.50. The van der Waals surface area contributed by atoms with Gasteiger partial charge in [0.25, 0.3) is 11.8 Å². The lowest BCUT2D eigenvalue weighted by Crippen LogP contribution is -2.41. The van der Waals surface area contributed by atoms with Crippen molar-refractivity contribution in [2.45, 2.75) is 39.5 Å². The largest absolute Gasteiger partial charge is 0.457 e. The first-order valence-electron chi connectivity index (χ1n) is 13.9. The van der Waals surface area contributed by atoms with Gasteiger partial charge in [0.2, 0.25) is 0 Å². The predicted molar refractivity (Wildman–Crippen MR) is 163 cm³/mol. The Kier molecular flexibility index (Phi) is 6.80. The van der Waals surface area contributed by atoms with Gasteiger partial charge in [0, 0.05) is 16.5 Å². The summed E-state index contributed by atoms with van der Waals surface area (Å²) in [6.07, 6.45) is 0. The molecule has 0 saturated heterocycles. The second kappa shape index (κ2) is 10.6. The van der Waals surface area contributed by atoms with Crippen LogP contribution in [-0.4, -0.2) is 11.8 Å². The van der Waals surface area contributed by atoms with E-state index in [9.17, 15) is 9.59 Å². The van der Waals surface area contributed by atoms with Gasteiger partial charge in [-0.2, -0.15) is 0 Å². The van der Waals surface area contributed by atoms with E-state index in [0.29, 0.717) is 50.6 Å². The van der Waals surface area contributed by atoms with Crippen LogP contribution >= 0.6 is 0 Å². The zero-order valence-corrected chi connectivity index (χ0v) is 23.5.